The van der Waals surface area contributed by atoms with E-state index < -0.39 is 5.54 Å². The second kappa shape index (κ2) is 6.89. The minimum absolute atomic E-state index is 0.219. The molecular formula is C17H26N2O. The highest BCUT2D eigenvalue weighted by molar-refractivity contribution is 6.00. The monoisotopic (exact) mass is 274 g/mol. The molecule has 1 saturated heterocycles. The molecule has 0 aromatic heterocycles. The highest BCUT2D eigenvalue weighted by Gasteiger charge is 2.37. The van der Waals surface area contributed by atoms with Crippen molar-refractivity contribution in [3.05, 3.63) is 30.3 Å². The van der Waals surface area contributed by atoms with Gasteiger partial charge in [0.25, 0.3) is 0 Å². The summed E-state index contributed by atoms with van der Waals surface area (Å²) in [4.78, 5) is 14.9. The molecule has 110 valence electrons. The van der Waals surface area contributed by atoms with Crippen LogP contribution in [0, 0.1) is 0 Å². The van der Waals surface area contributed by atoms with Gasteiger partial charge in [-0.1, -0.05) is 31.5 Å². The number of amides is 1. The van der Waals surface area contributed by atoms with Gasteiger partial charge in [-0.05, 0) is 51.3 Å². The fraction of sp³-hybridized carbons (Fsp3) is 0.588. The Morgan fingerprint density at radius 3 is 2.65 bits per heavy atom. The predicted octanol–water partition coefficient (Wildman–Crippen LogP) is 3.35. The van der Waals surface area contributed by atoms with Gasteiger partial charge in [-0.25, -0.2) is 0 Å². The standard InChI is InChI=1S/C17H26N2O/c1-3-4-14-19(15-10-6-5-7-11-15)16(20)17(2)12-8-9-13-18-17/h5-7,10-11,18H,3-4,8-9,12-14H2,1-2H3. The van der Waals surface area contributed by atoms with Gasteiger partial charge in [-0.15, -0.1) is 0 Å². The number of nitrogens with zero attached hydrogens (tertiary/aromatic N) is 1. The van der Waals surface area contributed by atoms with Crippen molar-refractivity contribution in [3.63, 3.8) is 0 Å². The first-order chi connectivity index (χ1) is 9.67. The lowest BCUT2D eigenvalue weighted by atomic mass is 9.89. The molecule has 20 heavy (non-hydrogen) atoms. The Bertz CT molecular complexity index is 424. The van der Waals surface area contributed by atoms with E-state index in [0.717, 1.165) is 44.5 Å². The van der Waals surface area contributed by atoms with Gasteiger partial charge in [0, 0.05) is 12.2 Å². The van der Waals surface area contributed by atoms with E-state index >= 15 is 0 Å². The van der Waals surface area contributed by atoms with Gasteiger partial charge < -0.3 is 10.2 Å². The first-order valence-electron chi connectivity index (χ1n) is 7.79. The second-order valence-electron chi connectivity index (χ2n) is 5.86. The third-order valence-corrected chi connectivity index (χ3v) is 4.14. The first kappa shape index (κ1) is 15.0. The van der Waals surface area contributed by atoms with E-state index in [2.05, 4.69) is 19.2 Å². The average Bonchev–Trinajstić information content (AvgIpc) is 2.49. The van der Waals surface area contributed by atoms with E-state index in [4.69, 9.17) is 0 Å². The van der Waals surface area contributed by atoms with Gasteiger partial charge in [0.1, 0.15) is 0 Å². The summed E-state index contributed by atoms with van der Waals surface area (Å²) >= 11 is 0. The van der Waals surface area contributed by atoms with Gasteiger partial charge in [0.15, 0.2) is 0 Å². The Hall–Kier alpha value is -1.35. The zero-order valence-electron chi connectivity index (χ0n) is 12.7. The van der Waals surface area contributed by atoms with Gasteiger partial charge >= 0.3 is 0 Å². The van der Waals surface area contributed by atoms with E-state index in [1.165, 1.54) is 6.42 Å². The lowest BCUT2D eigenvalue weighted by molar-refractivity contribution is -0.125. The molecule has 0 saturated carbocycles. The average molecular weight is 274 g/mol. The van der Waals surface area contributed by atoms with E-state index in [1.54, 1.807) is 0 Å². The van der Waals surface area contributed by atoms with Crippen molar-refractivity contribution in [3.8, 4) is 0 Å². The summed E-state index contributed by atoms with van der Waals surface area (Å²) in [5.41, 5.74) is 0.613. The second-order valence-corrected chi connectivity index (χ2v) is 5.86. The topological polar surface area (TPSA) is 32.3 Å². The van der Waals surface area contributed by atoms with Crippen molar-refractivity contribution < 1.29 is 4.79 Å². The van der Waals surface area contributed by atoms with Crippen molar-refractivity contribution in [1.29, 1.82) is 0 Å². The Morgan fingerprint density at radius 1 is 1.30 bits per heavy atom. The van der Waals surface area contributed by atoms with Crippen molar-refractivity contribution in [1.82, 2.24) is 5.32 Å². The number of rotatable bonds is 5. The van der Waals surface area contributed by atoms with Crippen LogP contribution >= 0.6 is 0 Å². The Balaban J connectivity index is 2.19. The van der Waals surface area contributed by atoms with Crippen LogP contribution in [-0.4, -0.2) is 24.5 Å². The molecule has 1 atom stereocenters. The third-order valence-electron chi connectivity index (χ3n) is 4.14. The highest BCUT2D eigenvalue weighted by atomic mass is 16.2. The molecule has 0 radical (unpaired) electrons. The SMILES string of the molecule is CCCCN(C(=O)C1(C)CCCCN1)c1ccccc1. The van der Waals surface area contributed by atoms with Crippen LogP contribution in [0.2, 0.25) is 0 Å². The van der Waals surface area contributed by atoms with Crippen LogP contribution in [0.1, 0.15) is 46.0 Å². The molecule has 1 heterocycles. The number of anilines is 1. The number of hydrogen-bond donors (Lipinski definition) is 1. The van der Waals surface area contributed by atoms with Gasteiger partial charge in [-0.2, -0.15) is 0 Å². The van der Waals surface area contributed by atoms with E-state index in [9.17, 15) is 4.79 Å². The number of unbranched alkanes of at least 4 members (excludes halogenated alkanes) is 1. The normalized spacial score (nSPS) is 22.5. The smallest absolute Gasteiger partial charge is 0.246 e. The van der Waals surface area contributed by atoms with E-state index in [1.807, 2.05) is 35.2 Å². The molecule has 1 aromatic rings. The summed E-state index contributed by atoms with van der Waals surface area (Å²) in [5.74, 6) is 0.219. The lowest BCUT2D eigenvalue weighted by Crippen LogP contribution is -2.58. The fourth-order valence-corrected chi connectivity index (χ4v) is 2.81. The molecule has 1 amide bonds. The van der Waals surface area contributed by atoms with Gasteiger partial charge in [0.05, 0.1) is 5.54 Å². The molecule has 0 spiro atoms. The Labute approximate surface area is 122 Å². The number of carbonyl (C=O) groups is 1. The molecular weight excluding hydrogens is 248 g/mol. The van der Waals surface area contributed by atoms with Crippen molar-refractivity contribution in [2.75, 3.05) is 18.0 Å². The molecule has 2 rings (SSSR count). The maximum atomic E-state index is 13.0. The third kappa shape index (κ3) is 3.40. The van der Waals surface area contributed by atoms with Gasteiger partial charge in [-0.3, -0.25) is 4.79 Å². The number of hydrogen-bond acceptors (Lipinski definition) is 2. The minimum atomic E-state index is -0.401. The fourth-order valence-electron chi connectivity index (χ4n) is 2.81. The molecule has 1 unspecified atom stereocenters. The Morgan fingerprint density at radius 2 is 2.05 bits per heavy atom. The largest absolute Gasteiger partial charge is 0.311 e. The van der Waals surface area contributed by atoms with Crippen LogP contribution in [0.5, 0.6) is 0 Å². The van der Waals surface area contributed by atoms with Crippen molar-refractivity contribution in [2.45, 2.75) is 51.5 Å². The number of piperidine rings is 1. The molecule has 3 nitrogen and oxygen atoms in total. The number of nitrogens with one attached hydrogen (secondary N) is 1. The lowest BCUT2D eigenvalue weighted by Gasteiger charge is -2.38. The Kier molecular flexibility index (Phi) is 5.18. The molecule has 1 N–H and O–H groups in total. The minimum Gasteiger partial charge on any atom is -0.311 e. The van der Waals surface area contributed by atoms with Crippen LogP contribution < -0.4 is 10.2 Å². The van der Waals surface area contributed by atoms with Crippen molar-refractivity contribution in [2.24, 2.45) is 0 Å². The summed E-state index contributed by atoms with van der Waals surface area (Å²) < 4.78 is 0. The highest BCUT2D eigenvalue weighted by Crippen LogP contribution is 2.25. The summed E-state index contributed by atoms with van der Waals surface area (Å²) in [6.07, 6.45) is 5.37. The molecule has 0 bridgehead atoms. The van der Waals surface area contributed by atoms with Gasteiger partial charge in [0.2, 0.25) is 5.91 Å². The maximum Gasteiger partial charge on any atom is 0.246 e. The van der Waals surface area contributed by atoms with Crippen LogP contribution in [0.15, 0.2) is 30.3 Å². The number of para-hydroxylation sites is 1. The summed E-state index contributed by atoms with van der Waals surface area (Å²) in [5, 5.41) is 3.43. The predicted molar refractivity (Wildman–Crippen MR) is 84.0 cm³/mol. The van der Waals surface area contributed by atoms with Crippen LogP contribution in [-0.2, 0) is 4.79 Å². The number of benzene rings is 1. The molecule has 1 aliphatic rings. The van der Waals surface area contributed by atoms with Crippen LogP contribution in [0.3, 0.4) is 0 Å². The van der Waals surface area contributed by atoms with E-state index in [-0.39, 0.29) is 5.91 Å². The maximum absolute atomic E-state index is 13.0. The van der Waals surface area contributed by atoms with Crippen LogP contribution in [0.4, 0.5) is 5.69 Å². The summed E-state index contributed by atoms with van der Waals surface area (Å²) in [7, 11) is 0. The molecule has 1 aromatic carbocycles. The molecule has 1 fully saturated rings. The molecule has 1 aliphatic heterocycles. The summed E-state index contributed by atoms with van der Waals surface area (Å²) in [6, 6.07) is 10.0. The van der Waals surface area contributed by atoms with E-state index in [0.29, 0.717) is 0 Å². The summed E-state index contributed by atoms with van der Waals surface area (Å²) in [6.45, 7) is 5.96. The number of carbonyl (C=O) groups excluding carboxylic acids is 1. The zero-order valence-corrected chi connectivity index (χ0v) is 12.7. The zero-order chi connectivity index (χ0) is 14.4. The quantitative estimate of drug-likeness (QED) is 0.893. The van der Waals surface area contributed by atoms with Crippen molar-refractivity contribution >= 4 is 11.6 Å². The van der Waals surface area contributed by atoms with Crippen LogP contribution in [0.25, 0.3) is 0 Å². The molecule has 3 heteroatoms. The first-order valence-corrected chi connectivity index (χ1v) is 7.79. The molecule has 0 aliphatic carbocycles.